The number of carbonyl (C=O) groups excluding carboxylic acids is 1. The Kier molecular flexibility index (Phi) is 6.28. The number of hydrogen-bond acceptors (Lipinski definition) is 5. The van der Waals surface area contributed by atoms with E-state index in [1.807, 2.05) is 18.3 Å². The van der Waals surface area contributed by atoms with Crippen LogP contribution < -0.4 is 0 Å². The Morgan fingerprint density at radius 2 is 2.14 bits per heavy atom. The van der Waals surface area contributed by atoms with Gasteiger partial charge in [-0.1, -0.05) is 6.07 Å². The van der Waals surface area contributed by atoms with E-state index < -0.39 is 0 Å². The molecule has 6 heteroatoms. The number of carbonyl (C=O) groups is 1. The van der Waals surface area contributed by atoms with Crippen LogP contribution in [0, 0.1) is 5.92 Å². The van der Waals surface area contributed by atoms with E-state index in [2.05, 4.69) is 26.7 Å². The van der Waals surface area contributed by atoms with E-state index in [-0.39, 0.29) is 11.5 Å². The lowest BCUT2D eigenvalue weighted by Crippen LogP contribution is -2.50. The summed E-state index contributed by atoms with van der Waals surface area (Å²) in [6, 6.07) is 3.98. The highest BCUT2D eigenvalue weighted by atomic mass is 16.5. The molecule has 0 unspecified atom stereocenters. The Hall–Kier alpha value is -1.50. The average Bonchev–Trinajstić information content (AvgIpc) is 3.10. The van der Waals surface area contributed by atoms with Crippen LogP contribution in [0.2, 0.25) is 0 Å². The van der Waals surface area contributed by atoms with Gasteiger partial charge < -0.3 is 19.4 Å². The third-order valence-corrected chi connectivity index (χ3v) is 6.64. The third-order valence-electron chi connectivity index (χ3n) is 6.64. The fourth-order valence-corrected chi connectivity index (χ4v) is 5.00. The lowest BCUT2D eigenvalue weighted by Gasteiger charge is -2.40. The number of nitrogens with zero attached hydrogens (tertiary/aromatic N) is 4. The third kappa shape index (κ3) is 4.91. The van der Waals surface area contributed by atoms with Crippen molar-refractivity contribution in [3.63, 3.8) is 0 Å². The zero-order valence-electron chi connectivity index (χ0n) is 17.2. The van der Waals surface area contributed by atoms with Crippen molar-refractivity contribution >= 4 is 5.91 Å². The highest BCUT2D eigenvalue weighted by molar-refractivity contribution is 5.76. The highest BCUT2D eigenvalue weighted by Gasteiger charge is 2.44. The van der Waals surface area contributed by atoms with Crippen LogP contribution in [0.25, 0.3) is 0 Å². The average molecular weight is 387 g/mol. The zero-order chi connectivity index (χ0) is 19.4. The van der Waals surface area contributed by atoms with Crippen molar-refractivity contribution in [1.82, 2.24) is 19.7 Å². The summed E-state index contributed by atoms with van der Waals surface area (Å²) < 4.78 is 6.36. The number of amides is 1. The second kappa shape index (κ2) is 8.89. The monoisotopic (exact) mass is 386 g/mol. The first kappa shape index (κ1) is 19.8. The van der Waals surface area contributed by atoms with Gasteiger partial charge in [0.05, 0.1) is 12.2 Å². The largest absolute Gasteiger partial charge is 0.373 e. The van der Waals surface area contributed by atoms with Crippen LogP contribution >= 0.6 is 0 Å². The van der Waals surface area contributed by atoms with Crippen molar-refractivity contribution in [2.75, 3.05) is 59.5 Å². The summed E-state index contributed by atoms with van der Waals surface area (Å²) in [5.41, 5.74) is 1.03. The van der Waals surface area contributed by atoms with E-state index in [1.54, 1.807) is 6.20 Å². The highest BCUT2D eigenvalue weighted by Crippen LogP contribution is 2.38. The number of ether oxygens (including phenoxy) is 1. The first-order chi connectivity index (χ1) is 13.6. The molecule has 3 aliphatic heterocycles. The predicted molar refractivity (Wildman–Crippen MR) is 109 cm³/mol. The minimum Gasteiger partial charge on any atom is -0.373 e. The number of aromatic nitrogens is 1. The number of piperidine rings is 1. The lowest BCUT2D eigenvalue weighted by molar-refractivity contribution is -0.139. The number of likely N-dealkylation sites (tertiary alicyclic amines) is 1. The molecule has 1 aromatic rings. The molecule has 1 amide bonds. The number of rotatable bonds is 5. The maximum absolute atomic E-state index is 12.8. The number of likely N-dealkylation sites (N-methyl/N-ethyl adjacent to an activating group) is 1. The van der Waals surface area contributed by atoms with Gasteiger partial charge in [0.1, 0.15) is 0 Å². The van der Waals surface area contributed by atoms with Gasteiger partial charge >= 0.3 is 0 Å². The SMILES string of the molecule is CN1CCN(C[C@H]2CO[C@@]3(CCCN(C(=O)CCc4cccnc4)C3)C2)CC1. The molecular formula is C22H34N4O2. The minimum absolute atomic E-state index is 0.0978. The molecule has 0 bridgehead atoms. The van der Waals surface area contributed by atoms with E-state index in [4.69, 9.17) is 4.74 Å². The Morgan fingerprint density at radius 3 is 2.93 bits per heavy atom. The van der Waals surface area contributed by atoms with Crippen molar-refractivity contribution in [3.8, 4) is 0 Å². The van der Waals surface area contributed by atoms with Crippen LogP contribution in [0.1, 0.15) is 31.2 Å². The van der Waals surface area contributed by atoms with Gasteiger partial charge in [0, 0.05) is 64.6 Å². The number of piperazine rings is 1. The molecule has 1 aromatic heterocycles. The molecule has 1 spiro atoms. The molecule has 3 fully saturated rings. The molecular weight excluding hydrogens is 352 g/mol. The molecule has 3 saturated heterocycles. The van der Waals surface area contributed by atoms with E-state index in [1.165, 1.54) is 13.1 Å². The van der Waals surface area contributed by atoms with E-state index in [0.29, 0.717) is 12.3 Å². The molecule has 6 nitrogen and oxygen atoms in total. The van der Waals surface area contributed by atoms with Crippen LogP contribution in [-0.2, 0) is 16.0 Å². The molecule has 0 aromatic carbocycles. The van der Waals surface area contributed by atoms with Gasteiger partial charge in [-0.3, -0.25) is 9.78 Å². The molecule has 4 heterocycles. The smallest absolute Gasteiger partial charge is 0.223 e. The van der Waals surface area contributed by atoms with Gasteiger partial charge in [0.15, 0.2) is 0 Å². The van der Waals surface area contributed by atoms with E-state index in [9.17, 15) is 4.79 Å². The second-order valence-electron chi connectivity index (χ2n) is 8.95. The summed E-state index contributed by atoms with van der Waals surface area (Å²) in [5, 5.41) is 0. The van der Waals surface area contributed by atoms with Gasteiger partial charge in [-0.05, 0) is 50.3 Å². The Bertz CT molecular complexity index is 647. The summed E-state index contributed by atoms with van der Waals surface area (Å²) in [4.78, 5) is 24.0. The number of pyridine rings is 1. The van der Waals surface area contributed by atoms with E-state index in [0.717, 1.165) is 70.6 Å². The van der Waals surface area contributed by atoms with Gasteiger partial charge in [-0.15, -0.1) is 0 Å². The summed E-state index contributed by atoms with van der Waals surface area (Å²) in [6.07, 6.45) is 8.21. The van der Waals surface area contributed by atoms with Crippen LogP contribution in [0.4, 0.5) is 0 Å². The van der Waals surface area contributed by atoms with Gasteiger partial charge in [-0.25, -0.2) is 0 Å². The predicted octanol–water partition coefficient (Wildman–Crippen LogP) is 1.66. The number of hydrogen-bond donors (Lipinski definition) is 0. The van der Waals surface area contributed by atoms with E-state index >= 15 is 0 Å². The van der Waals surface area contributed by atoms with Gasteiger partial charge in [-0.2, -0.15) is 0 Å². The molecule has 4 rings (SSSR count). The zero-order valence-corrected chi connectivity index (χ0v) is 17.2. The molecule has 2 atom stereocenters. The Balaban J connectivity index is 1.26. The van der Waals surface area contributed by atoms with Gasteiger partial charge in [0.25, 0.3) is 0 Å². The van der Waals surface area contributed by atoms with Crippen LogP contribution in [0.15, 0.2) is 24.5 Å². The minimum atomic E-state index is -0.0978. The van der Waals surface area contributed by atoms with Crippen LogP contribution in [0.5, 0.6) is 0 Å². The fraction of sp³-hybridized carbons (Fsp3) is 0.727. The summed E-state index contributed by atoms with van der Waals surface area (Å²) >= 11 is 0. The second-order valence-corrected chi connectivity index (χ2v) is 8.95. The van der Waals surface area contributed by atoms with Crippen LogP contribution in [-0.4, -0.2) is 90.7 Å². The lowest BCUT2D eigenvalue weighted by atomic mass is 9.86. The molecule has 0 radical (unpaired) electrons. The summed E-state index contributed by atoms with van der Waals surface area (Å²) in [7, 11) is 2.20. The first-order valence-corrected chi connectivity index (χ1v) is 10.8. The normalized spacial score (nSPS) is 29.5. The Labute approximate surface area is 168 Å². The molecule has 28 heavy (non-hydrogen) atoms. The molecule has 0 aliphatic carbocycles. The summed E-state index contributed by atoms with van der Waals surface area (Å²) in [5.74, 6) is 0.864. The quantitative estimate of drug-likeness (QED) is 0.770. The Morgan fingerprint density at radius 1 is 1.29 bits per heavy atom. The first-order valence-electron chi connectivity index (χ1n) is 10.8. The van der Waals surface area contributed by atoms with Crippen molar-refractivity contribution in [3.05, 3.63) is 30.1 Å². The fourth-order valence-electron chi connectivity index (χ4n) is 5.00. The maximum atomic E-state index is 12.8. The van der Waals surface area contributed by atoms with Gasteiger partial charge in [0.2, 0.25) is 5.91 Å². The summed E-state index contributed by atoms with van der Waals surface area (Å²) in [6.45, 7) is 8.31. The molecule has 0 saturated carbocycles. The standard InChI is InChI=1S/C22H34N4O2/c1-24-10-12-25(13-11-24)16-20-14-22(28-17-20)7-3-9-26(18-22)21(27)6-5-19-4-2-8-23-15-19/h2,4,8,15,20H,3,5-7,9-14,16-18H2,1H3/t20-,22-/m0/s1. The molecule has 3 aliphatic rings. The number of aryl methyl sites for hydroxylation is 1. The molecule has 0 N–H and O–H groups in total. The van der Waals surface area contributed by atoms with Crippen molar-refractivity contribution in [2.45, 2.75) is 37.7 Å². The maximum Gasteiger partial charge on any atom is 0.223 e. The van der Waals surface area contributed by atoms with Crippen LogP contribution in [0.3, 0.4) is 0 Å². The van der Waals surface area contributed by atoms with Crippen molar-refractivity contribution in [2.24, 2.45) is 5.92 Å². The molecule has 154 valence electrons. The van der Waals surface area contributed by atoms with Crippen molar-refractivity contribution in [1.29, 1.82) is 0 Å². The van der Waals surface area contributed by atoms with Crippen molar-refractivity contribution < 1.29 is 9.53 Å². The topological polar surface area (TPSA) is 48.9 Å².